The second-order valence-electron chi connectivity index (χ2n) is 5.63. The Labute approximate surface area is 132 Å². The molecule has 0 bridgehead atoms. The first kappa shape index (κ1) is 15.5. The minimum atomic E-state index is -1.98. The van der Waals surface area contributed by atoms with Crippen LogP contribution in [0.3, 0.4) is 0 Å². The van der Waals surface area contributed by atoms with Crippen molar-refractivity contribution in [1.29, 1.82) is 0 Å². The number of halogens is 1. The highest BCUT2D eigenvalue weighted by Gasteiger charge is 2.46. The van der Waals surface area contributed by atoms with Gasteiger partial charge in [-0.2, -0.15) is 0 Å². The number of aromatic nitrogens is 2. The maximum atomic E-state index is 14.1. The first-order valence-corrected chi connectivity index (χ1v) is 7.26. The Morgan fingerprint density at radius 3 is 2.87 bits per heavy atom. The fourth-order valence-corrected chi connectivity index (χ4v) is 2.38. The molecule has 1 aliphatic rings. The van der Waals surface area contributed by atoms with Crippen LogP contribution in [-0.2, 0) is 4.79 Å². The summed E-state index contributed by atoms with van der Waals surface area (Å²) in [6.07, 6.45) is -0.326. The Morgan fingerprint density at radius 2 is 2.22 bits per heavy atom. The molecule has 0 spiro atoms. The molecule has 6 nitrogen and oxygen atoms in total. The van der Waals surface area contributed by atoms with Crippen LogP contribution in [-0.4, -0.2) is 45.8 Å². The van der Waals surface area contributed by atoms with Crippen LogP contribution in [0.5, 0.6) is 0 Å². The Balaban J connectivity index is 1.76. The van der Waals surface area contributed by atoms with E-state index in [2.05, 4.69) is 20.6 Å². The van der Waals surface area contributed by atoms with E-state index in [4.69, 9.17) is 0 Å². The zero-order valence-electron chi connectivity index (χ0n) is 12.6. The number of nitrogens with zero attached hydrogens (tertiary/aromatic N) is 2. The number of aryl methyl sites for hydroxylation is 1. The van der Waals surface area contributed by atoms with Crippen LogP contribution in [0.25, 0.3) is 11.3 Å². The van der Waals surface area contributed by atoms with Gasteiger partial charge in [-0.3, -0.25) is 4.79 Å². The molecule has 7 heteroatoms. The topological polar surface area (TPSA) is 87.1 Å². The summed E-state index contributed by atoms with van der Waals surface area (Å²) in [5.41, 5.74) is 0.327. The number of hydrogen-bond donors (Lipinski definition) is 3. The molecule has 120 valence electrons. The van der Waals surface area contributed by atoms with Gasteiger partial charge in [0.25, 0.3) is 5.91 Å². The molecule has 0 saturated carbocycles. The van der Waals surface area contributed by atoms with Gasteiger partial charge in [0.2, 0.25) is 6.17 Å². The summed E-state index contributed by atoms with van der Waals surface area (Å²) in [6, 6.07) is 8.71. The lowest BCUT2D eigenvalue weighted by atomic mass is 9.91. The quantitative estimate of drug-likeness (QED) is 0.785. The maximum Gasteiger partial charge on any atom is 0.262 e. The van der Waals surface area contributed by atoms with Crippen LogP contribution < -0.4 is 10.6 Å². The number of nitrogens with one attached hydrogen (secondary N) is 2. The summed E-state index contributed by atoms with van der Waals surface area (Å²) < 4.78 is 14.1. The number of rotatable bonds is 4. The number of aliphatic hydroxyl groups is 1. The van der Waals surface area contributed by atoms with Crippen LogP contribution >= 0.6 is 0 Å². The van der Waals surface area contributed by atoms with Gasteiger partial charge in [-0.15, -0.1) is 0 Å². The Bertz CT molecular complexity index is 734. The second kappa shape index (κ2) is 6.02. The number of carbonyl (C=O) groups is 1. The van der Waals surface area contributed by atoms with Crippen molar-refractivity contribution in [2.75, 3.05) is 18.4 Å². The van der Waals surface area contributed by atoms with E-state index in [9.17, 15) is 14.3 Å². The third-order valence-electron chi connectivity index (χ3n) is 3.77. The van der Waals surface area contributed by atoms with Crippen molar-refractivity contribution in [1.82, 2.24) is 15.3 Å². The van der Waals surface area contributed by atoms with Gasteiger partial charge in [0.05, 0.1) is 5.69 Å². The summed E-state index contributed by atoms with van der Waals surface area (Å²) in [5.74, 6) is -0.217. The molecular formula is C16H17FN4O2. The predicted molar refractivity (Wildman–Crippen MR) is 83.6 cm³/mol. The average Bonchev–Trinajstić information content (AvgIpc) is 2.52. The van der Waals surface area contributed by atoms with Gasteiger partial charge < -0.3 is 15.7 Å². The highest BCUT2D eigenvalue weighted by atomic mass is 19.1. The minimum Gasteiger partial charge on any atom is -0.384 e. The number of benzene rings is 1. The highest BCUT2D eigenvalue weighted by Crippen LogP contribution is 2.23. The number of β-amino-alcohol motifs (C(OH)–C–C–N with tert-alkyl or cyclic N) is 1. The lowest BCUT2D eigenvalue weighted by Gasteiger charge is -2.39. The molecule has 1 aliphatic heterocycles. The largest absolute Gasteiger partial charge is 0.384 e. The number of alkyl halides is 1. The molecule has 1 saturated heterocycles. The normalized spacial score (nSPS) is 17.2. The predicted octanol–water partition coefficient (Wildman–Crippen LogP) is 1.06. The molecule has 2 heterocycles. The highest BCUT2D eigenvalue weighted by molar-refractivity contribution is 5.95. The van der Waals surface area contributed by atoms with Crippen LogP contribution in [0, 0.1) is 6.92 Å². The summed E-state index contributed by atoms with van der Waals surface area (Å²) >= 11 is 0. The fourth-order valence-electron chi connectivity index (χ4n) is 2.38. The van der Waals surface area contributed by atoms with Crippen LogP contribution in [0.2, 0.25) is 0 Å². The lowest BCUT2D eigenvalue weighted by molar-refractivity contribution is -0.136. The van der Waals surface area contributed by atoms with E-state index in [0.717, 1.165) is 5.56 Å². The van der Waals surface area contributed by atoms with Crippen molar-refractivity contribution in [2.45, 2.75) is 18.7 Å². The molecule has 1 aromatic heterocycles. The van der Waals surface area contributed by atoms with Gasteiger partial charge in [-0.05, 0) is 25.1 Å². The zero-order valence-corrected chi connectivity index (χ0v) is 12.6. The zero-order chi connectivity index (χ0) is 16.4. The van der Waals surface area contributed by atoms with Crippen LogP contribution in [0.1, 0.15) is 5.82 Å². The fraction of sp³-hybridized carbons (Fsp3) is 0.312. The summed E-state index contributed by atoms with van der Waals surface area (Å²) in [6.45, 7) is 1.93. The average molecular weight is 316 g/mol. The number of anilines is 1. The first-order chi connectivity index (χ1) is 11.0. The van der Waals surface area contributed by atoms with Crippen molar-refractivity contribution in [3.05, 3.63) is 42.4 Å². The van der Waals surface area contributed by atoms with E-state index in [1.54, 1.807) is 37.4 Å². The molecule has 1 unspecified atom stereocenters. The van der Waals surface area contributed by atoms with E-state index in [-0.39, 0.29) is 13.1 Å². The third-order valence-corrected chi connectivity index (χ3v) is 3.77. The number of hydrogen-bond acceptors (Lipinski definition) is 5. The molecule has 1 atom stereocenters. The van der Waals surface area contributed by atoms with Crippen molar-refractivity contribution in [2.24, 2.45) is 0 Å². The van der Waals surface area contributed by atoms with Crippen molar-refractivity contribution in [3.8, 4) is 11.3 Å². The van der Waals surface area contributed by atoms with Crippen LogP contribution in [0.15, 0.2) is 36.5 Å². The van der Waals surface area contributed by atoms with Gasteiger partial charge in [0.1, 0.15) is 11.4 Å². The summed E-state index contributed by atoms with van der Waals surface area (Å²) in [4.78, 5) is 20.3. The monoisotopic (exact) mass is 316 g/mol. The van der Waals surface area contributed by atoms with E-state index in [1.165, 1.54) is 0 Å². The SMILES string of the molecule is Cc1nccc(-c2cccc(NC(=O)C(F)C3(O)CNC3)c2)n1. The molecule has 1 fully saturated rings. The Kier molecular flexibility index (Phi) is 4.06. The van der Waals surface area contributed by atoms with Gasteiger partial charge in [0.15, 0.2) is 0 Å². The Morgan fingerprint density at radius 1 is 1.43 bits per heavy atom. The molecule has 0 aliphatic carbocycles. The third kappa shape index (κ3) is 3.20. The summed E-state index contributed by atoms with van der Waals surface area (Å²) in [5, 5.41) is 15.1. The van der Waals surface area contributed by atoms with Crippen LogP contribution in [0.4, 0.5) is 10.1 Å². The number of carbonyl (C=O) groups excluding carboxylic acids is 1. The van der Waals surface area contributed by atoms with E-state index in [0.29, 0.717) is 17.2 Å². The number of amides is 1. The first-order valence-electron chi connectivity index (χ1n) is 7.26. The smallest absolute Gasteiger partial charge is 0.262 e. The molecule has 3 rings (SSSR count). The minimum absolute atomic E-state index is 0.0713. The second-order valence-corrected chi connectivity index (χ2v) is 5.63. The lowest BCUT2D eigenvalue weighted by Crippen LogP contribution is -2.67. The van der Waals surface area contributed by atoms with Gasteiger partial charge in [0, 0.05) is 30.5 Å². The maximum absolute atomic E-state index is 14.1. The van der Waals surface area contributed by atoms with Crippen molar-refractivity contribution >= 4 is 11.6 Å². The molecular weight excluding hydrogens is 299 g/mol. The van der Waals surface area contributed by atoms with E-state index < -0.39 is 17.7 Å². The van der Waals surface area contributed by atoms with Gasteiger partial charge in [-0.1, -0.05) is 12.1 Å². The van der Waals surface area contributed by atoms with Crippen molar-refractivity contribution in [3.63, 3.8) is 0 Å². The molecule has 2 aromatic rings. The Hall–Kier alpha value is -2.38. The molecule has 0 radical (unpaired) electrons. The molecule has 1 amide bonds. The molecule has 23 heavy (non-hydrogen) atoms. The summed E-state index contributed by atoms with van der Waals surface area (Å²) in [7, 11) is 0. The standard InChI is InChI=1S/C16H17FN4O2/c1-10-19-6-5-13(20-10)11-3-2-4-12(7-11)21-15(22)14(17)16(23)8-18-9-16/h2-7,14,18,23H,8-9H2,1H3,(H,21,22). The van der Waals surface area contributed by atoms with Gasteiger partial charge >= 0.3 is 0 Å². The van der Waals surface area contributed by atoms with E-state index >= 15 is 0 Å². The molecule has 1 aromatic carbocycles. The van der Waals surface area contributed by atoms with E-state index in [1.807, 2.05) is 6.07 Å². The van der Waals surface area contributed by atoms with Gasteiger partial charge in [-0.25, -0.2) is 14.4 Å². The molecule has 3 N–H and O–H groups in total. The van der Waals surface area contributed by atoms with Crippen molar-refractivity contribution < 1.29 is 14.3 Å².